The maximum absolute atomic E-state index is 6.43. The summed E-state index contributed by atoms with van der Waals surface area (Å²) in [5.74, 6) is 3.01. The van der Waals surface area contributed by atoms with Gasteiger partial charge in [-0.15, -0.1) is 0 Å². The quantitative estimate of drug-likeness (QED) is 0.187. The summed E-state index contributed by atoms with van der Waals surface area (Å²) in [5.41, 5.74) is 10.6. The molecule has 5 heteroatoms. The van der Waals surface area contributed by atoms with Crippen molar-refractivity contribution in [3.8, 4) is 51.0 Å². The molecular formula is C45H30N4O. The summed E-state index contributed by atoms with van der Waals surface area (Å²) in [6, 6.07) is 50.5. The second-order valence-corrected chi connectivity index (χ2v) is 12.7. The normalized spacial score (nSPS) is 12.6. The first-order valence-electron chi connectivity index (χ1n) is 17.0. The van der Waals surface area contributed by atoms with Gasteiger partial charge in [0.1, 0.15) is 11.3 Å². The van der Waals surface area contributed by atoms with Gasteiger partial charge in [0.2, 0.25) is 0 Å². The minimum absolute atomic E-state index is 0.637. The number of fused-ring (bicyclic) bond motifs is 7. The lowest BCUT2D eigenvalue weighted by molar-refractivity contribution is 0.546. The van der Waals surface area contributed by atoms with Crippen molar-refractivity contribution in [3.05, 3.63) is 163 Å². The first-order chi connectivity index (χ1) is 24.8. The highest BCUT2D eigenvalue weighted by Crippen LogP contribution is 2.42. The van der Waals surface area contributed by atoms with Crippen LogP contribution in [0.3, 0.4) is 0 Å². The molecule has 1 aliphatic rings. The van der Waals surface area contributed by atoms with Crippen LogP contribution in [0.25, 0.3) is 89.8 Å². The fourth-order valence-electron chi connectivity index (χ4n) is 7.36. The van der Waals surface area contributed by atoms with E-state index in [1.165, 1.54) is 32.8 Å². The van der Waals surface area contributed by atoms with Gasteiger partial charge in [-0.2, -0.15) is 0 Å². The topological polar surface area (TPSA) is 56.7 Å². The molecule has 0 aliphatic heterocycles. The molecule has 0 amide bonds. The van der Waals surface area contributed by atoms with Crippen molar-refractivity contribution < 1.29 is 4.42 Å². The second kappa shape index (κ2) is 11.5. The summed E-state index contributed by atoms with van der Waals surface area (Å²) in [6.07, 6.45) is 6.43. The third-order valence-corrected chi connectivity index (χ3v) is 9.68. The number of aryl methyl sites for hydroxylation is 1. The minimum atomic E-state index is 0.637. The lowest BCUT2D eigenvalue weighted by atomic mass is 10.0. The van der Waals surface area contributed by atoms with Gasteiger partial charge in [-0.05, 0) is 53.9 Å². The maximum Gasteiger partial charge on any atom is 0.164 e. The highest BCUT2D eigenvalue weighted by Gasteiger charge is 2.22. The Kier molecular flexibility index (Phi) is 6.56. The molecule has 0 fully saturated rings. The van der Waals surface area contributed by atoms with Crippen LogP contribution >= 0.6 is 0 Å². The lowest BCUT2D eigenvalue weighted by Gasteiger charge is -2.12. The number of para-hydroxylation sites is 1. The molecule has 50 heavy (non-hydrogen) atoms. The Balaban J connectivity index is 1.13. The molecule has 5 nitrogen and oxygen atoms in total. The van der Waals surface area contributed by atoms with Gasteiger partial charge in [-0.1, -0.05) is 121 Å². The van der Waals surface area contributed by atoms with E-state index < -0.39 is 0 Å². The van der Waals surface area contributed by atoms with Crippen molar-refractivity contribution in [1.29, 1.82) is 0 Å². The van der Waals surface area contributed by atoms with E-state index >= 15 is 0 Å². The number of rotatable bonds is 5. The number of aromatic nitrogens is 4. The van der Waals surface area contributed by atoms with Crippen LogP contribution in [-0.2, 0) is 6.42 Å². The second-order valence-electron chi connectivity index (χ2n) is 12.7. The monoisotopic (exact) mass is 642 g/mol. The molecule has 3 aromatic heterocycles. The number of hydrogen-bond donors (Lipinski definition) is 0. The van der Waals surface area contributed by atoms with E-state index in [1.54, 1.807) is 0 Å². The molecule has 0 bridgehead atoms. The number of furan rings is 1. The molecule has 6 aromatic carbocycles. The summed E-state index contributed by atoms with van der Waals surface area (Å²) >= 11 is 0. The average Bonchev–Trinajstić information content (AvgIpc) is 3.74. The van der Waals surface area contributed by atoms with Gasteiger partial charge in [-0.25, -0.2) is 15.0 Å². The fraction of sp³-hybridized carbons (Fsp3) is 0.0444. The average molecular weight is 643 g/mol. The predicted octanol–water partition coefficient (Wildman–Crippen LogP) is 11.3. The zero-order valence-corrected chi connectivity index (χ0v) is 27.1. The van der Waals surface area contributed by atoms with Crippen LogP contribution in [0.5, 0.6) is 0 Å². The van der Waals surface area contributed by atoms with Crippen LogP contribution in [0.4, 0.5) is 0 Å². The van der Waals surface area contributed by atoms with E-state index in [4.69, 9.17) is 19.4 Å². The van der Waals surface area contributed by atoms with E-state index in [0.29, 0.717) is 17.5 Å². The minimum Gasteiger partial charge on any atom is -0.460 e. The number of nitrogens with zero attached hydrogens (tertiary/aromatic N) is 4. The van der Waals surface area contributed by atoms with Crippen LogP contribution < -0.4 is 0 Å². The number of hydrogen-bond acceptors (Lipinski definition) is 4. The largest absolute Gasteiger partial charge is 0.460 e. The lowest BCUT2D eigenvalue weighted by Crippen LogP contribution is -2.00. The molecule has 0 saturated carbocycles. The van der Waals surface area contributed by atoms with Crippen LogP contribution in [0.15, 0.2) is 156 Å². The van der Waals surface area contributed by atoms with Crippen LogP contribution in [0, 0.1) is 0 Å². The number of allylic oxidation sites excluding steroid dienone is 1. The van der Waals surface area contributed by atoms with Gasteiger partial charge < -0.3 is 8.98 Å². The molecule has 0 saturated heterocycles. The van der Waals surface area contributed by atoms with Gasteiger partial charge in [0.25, 0.3) is 0 Å². The Morgan fingerprint density at radius 1 is 0.520 bits per heavy atom. The Morgan fingerprint density at radius 2 is 1.14 bits per heavy atom. The molecule has 9 aromatic rings. The van der Waals surface area contributed by atoms with Crippen molar-refractivity contribution in [2.45, 2.75) is 12.8 Å². The summed E-state index contributed by atoms with van der Waals surface area (Å²) in [5, 5.41) is 3.63. The first kappa shape index (κ1) is 28.4. The van der Waals surface area contributed by atoms with Crippen molar-refractivity contribution in [1.82, 2.24) is 19.5 Å². The number of benzene rings is 6. The molecular weight excluding hydrogens is 613 g/mol. The molecule has 10 rings (SSSR count). The standard InChI is InChI=1S/C45H30N4O/c1-3-13-29(14-4-1)43-46-44(30-15-5-2-6-16-30)48-45(47-43)33-19-11-17-31(27-33)32-18-12-20-34(28-32)49-38-23-9-7-21-35(38)36-25-26-40-41(42(36)49)37-22-8-10-24-39(37)50-40/h1-9,11-23,25-28H,10,24H2. The Morgan fingerprint density at radius 3 is 1.90 bits per heavy atom. The van der Waals surface area contributed by atoms with Gasteiger partial charge in [0.05, 0.1) is 16.4 Å². The van der Waals surface area contributed by atoms with Crippen molar-refractivity contribution >= 4 is 38.9 Å². The molecule has 0 radical (unpaired) electrons. The summed E-state index contributed by atoms with van der Waals surface area (Å²) in [4.78, 5) is 14.8. The Hall–Kier alpha value is -6.59. The fourth-order valence-corrected chi connectivity index (χ4v) is 7.36. The van der Waals surface area contributed by atoms with E-state index in [1.807, 2.05) is 60.7 Å². The van der Waals surface area contributed by atoms with Crippen LogP contribution in [-0.4, -0.2) is 19.5 Å². The molecule has 236 valence electrons. The van der Waals surface area contributed by atoms with Crippen LogP contribution in [0.1, 0.15) is 17.7 Å². The Bertz CT molecular complexity index is 2700. The molecule has 0 N–H and O–H groups in total. The zero-order chi connectivity index (χ0) is 33.0. The van der Waals surface area contributed by atoms with Gasteiger partial charge in [-0.3, -0.25) is 0 Å². The van der Waals surface area contributed by atoms with E-state index in [2.05, 4.69) is 102 Å². The third-order valence-electron chi connectivity index (χ3n) is 9.68. The van der Waals surface area contributed by atoms with Crippen molar-refractivity contribution in [3.63, 3.8) is 0 Å². The van der Waals surface area contributed by atoms with Gasteiger partial charge in [0, 0.05) is 45.1 Å². The summed E-state index contributed by atoms with van der Waals surface area (Å²) < 4.78 is 8.83. The highest BCUT2D eigenvalue weighted by atomic mass is 16.3. The predicted molar refractivity (Wildman–Crippen MR) is 203 cm³/mol. The van der Waals surface area contributed by atoms with Crippen LogP contribution in [0.2, 0.25) is 0 Å². The van der Waals surface area contributed by atoms with E-state index in [9.17, 15) is 0 Å². The molecule has 0 unspecified atom stereocenters. The summed E-state index contributed by atoms with van der Waals surface area (Å²) in [6.45, 7) is 0. The van der Waals surface area contributed by atoms with E-state index in [-0.39, 0.29) is 0 Å². The van der Waals surface area contributed by atoms with Crippen molar-refractivity contribution in [2.75, 3.05) is 0 Å². The molecule has 0 atom stereocenters. The smallest absolute Gasteiger partial charge is 0.164 e. The Labute approximate surface area is 288 Å². The van der Waals surface area contributed by atoms with Crippen molar-refractivity contribution in [2.24, 2.45) is 0 Å². The third kappa shape index (κ3) is 4.66. The first-order valence-corrected chi connectivity index (χ1v) is 17.0. The van der Waals surface area contributed by atoms with E-state index in [0.717, 1.165) is 57.7 Å². The highest BCUT2D eigenvalue weighted by molar-refractivity contribution is 6.20. The maximum atomic E-state index is 6.43. The molecule has 3 heterocycles. The molecule has 0 spiro atoms. The SMILES string of the molecule is C1=Cc2c(oc3ccc4c5ccccc5n(-c5cccc(-c6cccc(-c7nc(-c8ccccc8)nc(-c8ccccc8)n7)c6)c5)c4c23)CC1. The summed E-state index contributed by atoms with van der Waals surface area (Å²) in [7, 11) is 0. The zero-order valence-electron chi connectivity index (χ0n) is 27.1. The molecule has 1 aliphatic carbocycles. The van der Waals surface area contributed by atoms with Gasteiger partial charge in [0.15, 0.2) is 17.5 Å². The van der Waals surface area contributed by atoms with Gasteiger partial charge >= 0.3 is 0 Å².